The first-order valence-corrected chi connectivity index (χ1v) is 9.72. The van der Waals surface area contributed by atoms with Gasteiger partial charge in [0, 0.05) is 36.8 Å². The van der Waals surface area contributed by atoms with Crippen LogP contribution < -0.4 is 10.6 Å². The van der Waals surface area contributed by atoms with Crippen LogP contribution >= 0.6 is 11.9 Å². The smallest absolute Gasteiger partial charge is 0.320 e. The second-order valence-corrected chi connectivity index (χ2v) is 7.81. The van der Waals surface area contributed by atoms with Gasteiger partial charge in [0.1, 0.15) is 5.84 Å². The van der Waals surface area contributed by atoms with Gasteiger partial charge in [0.25, 0.3) is 0 Å². The first kappa shape index (κ1) is 19.6. The van der Waals surface area contributed by atoms with Crippen LogP contribution in [0.5, 0.6) is 0 Å². The lowest BCUT2D eigenvalue weighted by Crippen LogP contribution is -2.50. The highest BCUT2D eigenvalue weighted by molar-refractivity contribution is 7.97. The van der Waals surface area contributed by atoms with Crippen molar-refractivity contribution in [1.29, 1.82) is 0 Å². The molecule has 1 fully saturated rings. The number of rotatable bonds is 6. The van der Waals surface area contributed by atoms with Crippen molar-refractivity contribution in [3.05, 3.63) is 30.6 Å². The van der Waals surface area contributed by atoms with Crippen molar-refractivity contribution >= 4 is 29.5 Å². The normalized spacial score (nSPS) is 19.0. The fraction of sp³-hybridized carbons (Fsp3) is 0.556. The molecule has 6 nitrogen and oxygen atoms in total. The molecule has 0 aliphatic carbocycles. The number of carbonyl (C=O) groups excluding carboxylic acids is 1. The monoisotopic (exact) mass is 363 g/mol. The third kappa shape index (κ3) is 6.59. The molecule has 1 aromatic rings. The van der Waals surface area contributed by atoms with E-state index in [0.29, 0.717) is 11.8 Å². The molecule has 2 rings (SSSR count). The Balaban J connectivity index is 1.85. The summed E-state index contributed by atoms with van der Waals surface area (Å²) in [4.78, 5) is 19.8. The lowest BCUT2D eigenvalue weighted by molar-refractivity contribution is 0.232. The van der Waals surface area contributed by atoms with Crippen molar-refractivity contribution in [2.24, 2.45) is 10.9 Å². The number of aryl methyl sites for hydroxylation is 1. The number of aromatic nitrogens is 1. The van der Waals surface area contributed by atoms with Crippen molar-refractivity contribution in [2.45, 2.75) is 39.7 Å². The average molecular weight is 364 g/mol. The zero-order valence-corrected chi connectivity index (χ0v) is 16.2. The molecule has 0 bridgehead atoms. The summed E-state index contributed by atoms with van der Waals surface area (Å²) in [5.41, 5.74) is 1.75. The SMILES string of the molecule is C=CC(=Nc1cc[nH]c1C)NC(=O)N[C@@H]1CCCN(SCC(C)C)C1. The minimum Gasteiger partial charge on any atom is -0.363 e. The van der Waals surface area contributed by atoms with E-state index in [0.717, 1.165) is 43.1 Å². The summed E-state index contributed by atoms with van der Waals surface area (Å²) in [5.74, 6) is 2.23. The predicted octanol–water partition coefficient (Wildman–Crippen LogP) is 3.61. The number of aromatic amines is 1. The molecule has 1 aliphatic heterocycles. The molecular formula is C18H29N5OS. The number of hydrogen-bond acceptors (Lipinski definition) is 4. The summed E-state index contributed by atoms with van der Waals surface area (Å²) in [6.45, 7) is 12.1. The minimum atomic E-state index is -0.229. The van der Waals surface area contributed by atoms with Gasteiger partial charge in [0.2, 0.25) is 0 Å². The second kappa shape index (κ2) is 9.68. The highest BCUT2D eigenvalue weighted by atomic mass is 32.2. The molecule has 25 heavy (non-hydrogen) atoms. The summed E-state index contributed by atoms with van der Waals surface area (Å²) < 4.78 is 2.36. The van der Waals surface area contributed by atoms with Crippen molar-refractivity contribution in [3.63, 3.8) is 0 Å². The molecule has 2 heterocycles. The quantitative estimate of drug-likeness (QED) is 0.411. The molecule has 138 valence electrons. The Bertz CT molecular complexity index is 610. The highest BCUT2D eigenvalue weighted by Gasteiger charge is 2.22. The van der Waals surface area contributed by atoms with E-state index >= 15 is 0 Å². The Morgan fingerprint density at radius 1 is 1.60 bits per heavy atom. The van der Waals surface area contributed by atoms with Gasteiger partial charge in [-0.1, -0.05) is 32.4 Å². The Hall–Kier alpha value is -1.73. The van der Waals surface area contributed by atoms with Gasteiger partial charge in [-0.25, -0.2) is 14.1 Å². The molecular weight excluding hydrogens is 334 g/mol. The van der Waals surface area contributed by atoms with Crippen molar-refractivity contribution in [2.75, 3.05) is 18.8 Å². The van der Waals surface area contributed by atoms with Crippen molar-refractivity contribution in [1.82, 2.24) is 19.9 Å². The van der Waals surface area contributed by atoms with E-state index in [1.807, 2.05) is 31.1 Å². The lowest BCUT2D eigenvalue weighted by Gasteiger charge is -2.32. The largest absolute Gasteiger partial charge is 0.363 e. The summed E-state index contributed by atoms with van der Waals surface area (Å²) in [5, 5.41) is 5.84. The van der Waals surface area contributed by atoms with Gasteiger partial charge in [0.15, 0.2) is 0 Å². The van der Waals surface area contributed by atoms with Crippen LogP contribution in [0.3, 0.4) is 0 Å². The fourth-order valence-corrected chi connectivity index (χ4v) is 3.64. The summed E-state index contributed by atoms with van der Waals surface area (Å²) >= 11 is 1.88. The maximum atomic E-state index is 12.3. The van der Waals surface area contributed by atoms with Crippen LogP contribution in [0.2, 0.25) is 0 Å². The number of urea groups is 1. The van der Waals surface area contributed by atoms with Gasteiger partial charge >= 0.3 is 6.03 Å². The van der Waals surface area contributed by atoms with Gasteiger partial charge in [-0.15, -0.1) is 0 Å². The fourth-order valence-electron chi connectivity index (χ4n) is 2.59. The standard InChI is InChI=1S/C18H29N5OS/c1-5-17(21-16-8-9-19-14(16)4)22-18(24)20-15-7-6-10-23(11-15)25-12-13(2)3/h5,8-9,13,15,19H,1,6-7,10-12H2,2-4H3,(H2,20,21,22,24)/t15-/m1/s1. The minimum absolute atomic E-state index is 0.161. The Kier molecular flexibility index (Phi) is 7.58. The maximum absolute atomic E-state index is 12.3. The average Bonchev–Trinajstić information content (AvgIpc) is 2.97. The molecule has 0 aromatic carbocycles. The third-order valence-electron chi connectivity index (χ3n) is 3.91. The maximum Gasteiger partial charge on any atom is 0.320 e. The Morgan fingerprint density at radius 3 is 3.04 bits per heavy atom. The van der Waals surface area contributed by atoms with E-state index in [4.69, 9.17) is 0 Å². The summed E-state index contributed by atoms with van der Waals surface area (Å²) in [6.07, 6.45) is 5.47. The van der Waals surface area contributed by atoms with E-state index in [9.17, 15) is 4.79 Å². The number of aliphatic imine (C=N–C) groups is 1. The van der Waals surface area contributed by atoms with Gasteiger partial charge < -0.3 is 10.3 Å². The van der Waals surface area contributed by atoms with Gasteiger partial charge in [-0.3, -0.25) is 5.32 Å². The van der Waals surface area contributed by atoms with Crippen LogP contribution in [-0.2, 0) is 0 Å². The third-order valence-corrected chi connectivity index (χ3v) is 5.42. The number of piperidine rings is 1. The van der Waals surface area contributed by atoms with Crippen LogP contribution in [0, 0.1) is 12.8 Å². The van der Waals surface area contributed by atoms with Crippen molar-refractivity contribution in [3.8, 4) is 0 Å². The Morgan fingerprint density at radius 2 is 2.40 bits per heavy atom. The van der Waals surface area contributed by atoms with Crippen LogP contribution in [-0.4, -0.2) is 46.0 Å². The molecule has 3 N–H and O–H groups in total. The van der Waals surface area contributed by atoms with Crippen LogP contribution in [0.25, 0.3) is 0 Å². The molecule has 1 atom stereocenters. The van der Waals surface area contributed by atoms with Gasteiger partial charge in [-0.05, 0) is 37.8 Å². The number of amides is 2. The molecule has 0 saturated carbocycles. The topological polar surface area (TPSA) is 72.5 Å². The first-order chi connectivity index (χ1) is 12.0. The number of nitrogens with one attached hydrogen (secondary N) is 3. The van der Waals surface area contributed by atoms with E-state index in [-0.39, 0.29) is 12.1 Å². The number of amidine groups is 1. The van der Waals surface area contributed by atoms with Crippen LogP contribution in [0.4, 0.5) is 10.5 Å². The molecule has 0 unspecified atom stereocenters. The van der Waals surface area contributed by atoms with Gasteiger partial charge in [0.05, 0.1) is 5.69 Å². The second-order valence-electron chi connectivity index (χ2n) is 6.70. The van der Waals surface area contributed by atoms with Crippen LogP contribution in [0.1, 0.15) is 32.4 Å². The van der Waals surface area contributed by atoms with E-state index in [2.05, 4.69) is 45.3 Å². The lowest BCUT2D eigenvalue weighted by atomic mass is 10.1. The molecule has 0 radical (unpaired) electrons. The number of hydrogen-bond donors (Lipinski definition) is 3. The molecule has 0 spiro atoms. The summed E-state index contributed by atoms with van der Waals surface area (Å²) in [6, 6.07) is 1.80. The molecule has 1 aliphatic rings. The molecule has 1 aromatic heterocycles. The zero-order chi connectivity index (χ0) is 18.2. The highest BCUT2D eigenvalue weighted by Crippen LogP contribution is 2.20. The van der Waals surface area contributed by atoms with E-state index < -0.39 is 0 Å². The van der Waals surface area contributed by atoms with E-state index in [1.165, 1.54) is 0 Å². The molecule has 2 amide bonds. The van der Waals surface area contributed by atoms with E-state index in [1.54, 1.807) is 6.08 Å². The predicted molar refractivity (Wildman–Crippen MR) is 106 cm³/mol. The number of H-pyrrole nitrogens is 1. The molecule has 1 saturated heterocycles. The number of nitrogens with zero attached hydrogens (tertiary/aromatic N) is 2. The van der Waals surface area contributed by atoms with Gasteiger partial charge in [-0.2, -0.15) is 0 Å². The first-order valence-electron chi connectivity index (χ1n) is 8.78. The summed E-state index contributed by atoms with van der Waals surface area (Å²) in [7, 11) is 0. The Labute approximate surface area is 154 Å². The van der Waals surface area contributed by atoms with Crippen LogP contribution in [0.15, 0.2) is 29.9 Å². The number of carbonyl (C=O) groups is 1. The van der Waals surface area contributed by atoms with Crippen molar-refractivity contribution < 1.29 is 4.79 Å². The zero-order valence-electron chi connectivity index (χ0n) is 15.3. The molecule has 7 heteroatoms.